The average molecular weight is 487 g/mol. The van der Waals surface area contributed by atoms with Crippen LogP contribution in [0.15, 0.2) is 109 Å². The number of ether oxygens (including phenoxy) is 2. The Balaban J connectivity index is 1.57. The van der Waals surface area contributed by atoms with Crippen molar-refractivity contribution in [1.29, 1.82) is 0 Å². The number of benzene rings is 4. The molecule has 0 fully saturated rings. The fourth-order valence-corrected chi connectivity index (χ4v) is 3.83. The van der Waals surface area contributed by atoms with E-state index in [4.69, 9.17) is 9.47 Å². The molecular formula is C28H23BrO3. The van der Waals surface area contributed by atoms with Crippen LogP contribution < -0.4 is 9.47 Å². The van der Waals surface area contributed by atoms with Gasteiger partial charge in [-0.3, -0.25) is 4.79 Å². The van der Waals surface area contributed by atoms with Gasteiger partial charge >= 0.3 is 0 Å². The molecule has 4 rings (SSSR count). The summed E-state index contributed by atoms with van der Waals surface area (Å²) in [5.41, 5.74) is 3.60. The van der Waals surface area contributed by atoms with Crippen LogP contribution in [0, 0.1) is 0 Å². The van der Waals surface area contributed by atoms with Crippen molar-refractivity contribution in [1.82, 2.24) is 0 Å². The second kappa shape index (κ2) is 10.8. The zero-order valence-electron chi connectivity index (χ0n) is 17.5. The van der Waals surface area contributed by atoms with E-state index in [2.05, 4.69) is 15.9 Å². The molecule has 4 aromatic rings. The minimum absolute atomic E-state index is 0.00226. The van der Waals surface area contributed by atoms with E-state index in [0.717, 1.165) is 16.7 Å². The molecule has 0 N–H and O–H groups in total. The molecule has 1 atom stereocenters. The van der Waals surface area contributed by atoms with Crippen molar-refractivity contribution in [2.45, 2.75) is 18.0 Å². The molecule has 0 heterocycles. The lowest BCUT2D eigenvalue weighted by Gasteiger charge is -2.16. The topological polar surface area (TPSA) is 35.5 Å². The monoisotopic (exact) mass is 486 g/mol. The first kappa shape index (κ1) is 21.8. The molecule has 0 radical (unpaired) electrons. The average Bonchev–Trinajstić information content (AvgIpc) is 2.87. The molecule has 0 aliphatic heterocycles. The number of ketones is 1. The van der Waals surface area contributed by atoms with Crippen molar-refractivity contribution >= 4 is 21.7 Å². The number of Topliss-reactive ketones (excluding diaryl/α,β-unsaturated/α-hetero) is 1. The Labute approximate surface area is 196 Å². The molecule has 0 saturated heterocycles. The predicted molar refractivity (Wildman–Crippen MR) is 130 cm³/mol. The van der Waals surface area contributed by atoms with Gasteiger partial charge < -0.3 is 9.47 Å². The molecule has 4 aromatic carbocycles. The fraction of sp³-hybridized carbons (Fsp3) is 0.107. The Kier molecular flexibility index (Phi) is 7.36. The summed E-state index contributed by atoms with van der Waals surface area (Å²) in [6.45, 7) is 0.841. The Hall–Kier alpha value is -3.37. The molecule has 3 nitrogen and oxygen atoms in total. The minimum atomic E-state index is -0.479. The molecule has 1 unspecified atom stereocenters. The maximum absolute atomic E-state index is 12.9. The maximum atomic E-state index is 12.9. The van der Waals surface area contributed by atoms with E-state index >= 15 is 0 Å². The van der Waals surface area contributed by atoms with E-state index in [1.807, 2.05) is 109 Å². The van der Waals surface area contributed by atoms with Gasteiger partial charge in [-0.2, -0.15) is 0 Å². The van der Waals surface area contributed by atoms with Crippen LogP contribution >= 0.6 is 15.9 Å². The quantitative estimate of drug-likeness (QED) is 0.186. The van der Waals surface area contributed by atoms with Crippen molar-refractivity contribution < 1.29 is 14.3 Å². The van der Waals surface area contributed by atoms with E-state index in [9.17, 15) is 4.79 Å². The van der Waals surface area contributed by atoms with Crippen LogP contribution in [0.3, 0.4) is 0 Å². The van der Waals surface area contributed by atoms with E-state index in [-0.39, 0.29) is 5.78 Å². The van der Waals surface area contributed by atoms with Crippen LogP contribution in [0.2, 0.25) is 0 Å². The Bertz CT molecular complexity index is 1150. The Morgan fingerprint density at radius 3 is 1.72 bits per heavy atom. The van der Waals surface area contributed by atoms with Crippen LogP contribution in [0.5, 0.6) is 11.5 Å². The number of alkyl halides is 1. The largest absolute Gasteiger partial charge is 0.485 e. The van der Waals surface area contributed by atoms with Crippen LogP contribution in [0.4, 0.5) is 0 Å². The summed E-state index contributed by atoms with van der Waals surface area (Å²) in [5, 5.41) is 0. The van der Waals surface area contributed by atoms with Crippen molar-refractivity contribution in [3.05, 3.63) is 131 Å². The SMILES string of the molecule is O=C(c1ccccc1)C(Br)c1ccc(OCc2ccccc2)c(OCc2ccccc2)c1. The molecule has 0 saturated carbocycles. The van der Waals surface area contributed by atoms with Gasteiger partial charge in [0.05, 0.1) is 0 Å². The van der Waals surface area contributed by atoms with Crippen LogP contribution in [0.1, 0.15) is 31.9 Å². The van der Waals surface area contributed by atoms with E-state index in [0.29, 0.717) is 30.3 Å². The van der Waals surface area contributed by atoms with Crippen LogP contribution in [-0.4, -0.2) is 5.78 Å². The highest BCUT2D eigenvalue weighted by molar-refractivity contribution is 9.09. The molecule has 32 heavy (non-hydrogen) atoms. The van der Waals surface area contributed by atoms with Gasteiger partial charge in [-0.1, -0.05) is 113 Å². The van der Waals surface area contributed by atoms with Gasteiger partial charge in [0.25, 0.3) is 0 Å². The van der Waals surface area contributed by atoms with Gasteiger partial charge in [-0.25, -0.2) is 0 Å². The zero-order valence-corrected chi connectivity index (χ0v) is 19.1. The maximum Gasteiger partial charge on any atom is 0.180 e. The molecule has 0 spiro atoms. The highest BCUT2D eigenvalue weighted by Crippen LogP contribution is 2.35. The standard InChI is InChI=1S/C28H23BrO3/c29-27(28(30)23-14-8-3-9-15-23)24-16-17-25(31-19-21-10-4-1-5-11-21)26(18-24)32-20-22-12-6-2-7-13-22/h1-18,27H,19-20H2. The first-order valence-electron chi connectivity index (χ1n) is 10.4. The predicted octanol–water partition coefficient (Wildman–Crippen LogP) is 7.16. The molecular weight excluding hydrogens is 464 g/mol. The van der Waals surface area contributed by atoms with E-state index in [1.54, 1.807) is 0 Å². The third-order valence-corrected chi connectivity index (χ3v) is 5.97. The Morgan fingerprint density at radius 1 is 0.656 bits per heavy atom. The second-order valence-electron chi connectivity index (χ2n) is 7.35. The third kappa shape index (κ3) is 5.65. The molecule has 160 valence electrons. The summed E-state index contributed by atoms with van der Waals surface area (Å²) in [6.07, 6.45) is 0. The van der Waals surface area contributed by atoms with E-state index < -0.39 is 4.83 Å². The highest BCUT2D eigenvalue weighted by atomic mass is 79.9. The number of hydrogen-bond acceptors (Lipinski definition) is 3. The van der Waals surface area contributed by atoms with Crippen molar-refractivity contribution in [2.75, 3.05) is 0 Å². The first-order valence-corrected chi connectivity index (χ1v) is 11.3. The summed E-state index contributed by atoms with van der Waals surface area (Å²) in [5.74, 6) is 1.24. The van der Waals surface area contributed by atoms with Gasteiger partial charge in [0.2, 0.25) is 0 Å². The number of hydrogen-bond donors (Lipinski definition) is 0. The minimum Gasteiger partial charge on any atom is -0.485 e. The Morgan fingerprint density at radius 2 is 1.16 bits per heavy atom. The highest BCUT2D eigenvalue weighted by Gasteiger charge is 2.21. The molecule has 0 aliphatic carbocycles. The van der Waals surface area contributed by atoms with Crippen molar-refractivity contribution in [2.24, 2.45) is 0 Å². The fourth-order valence-electron chi connectivity index (χ4n) is 3.29. The number of carbonyl (C=O) groups excluding carboxylic acids is 1. The number of carbonyl (C=O) groups is 1. The third-order valence-electron chi connectivity index (χ3n) is 5.02. The molecule has 0 amide bonds. The normalized spacial score (nSPS) is 11.5. The molecule has 0 bridgehead atoms. The smallest absolute Gasteiger partial charge is 0.180 e. The zero-order chi connectivity index (χ0) is 22.2. The van der Waals surface area contributed by atoms with E-state index in [1.165, 1.54) is 0 Å². The first-order chi connectivity index (χ1) is 15.7. The van der Waals surface area contributed by atoms with Gasteiger partial charge in [0, 0.05) is 5.56 Å². The lowest BCUT2D eigenvalue weighted by Crippen LogP contribution is -2.08. The summed E-state index contributed by atoms with van der Waals surface area (Å²) in [4.78, 5) is 12.4. The van der Waals surface area contributed by atoms with Crippen molar-refractivity contribution in [3.8, 4) is 11.5 Å². The van der Waals surface area contributed by atoms with Gasteiger partial charge in [-0.05, 0) is 28.8 Å². The summed E-state index contributed by atoms with van der Waals surface area (Å²) in [6, 6.07) is 34.9. The molecule has 0 aromatic heterocycles. The lowest BCUT2D eigenvalue weighted by molar-refractivity contribution is 0.0991. The van der Waals surface area contributed by atoms with Crippen molar-refractivity contribution in [3.63, 3.8) is 0 Å². The summed E-state index contributed by atoms with van der Waals surface area (Å²) in [7, 11) is 0. The van der Waals surface area contributed by atoms with Gasteiger partial charge in [0.1, 0.15) is 18.0 Å². The second-order valence-corrected chi connectivity index (χ2v) is 8.26. The summed E-state index contributed by atoms with van der Waals surface area (Å²) >= 11 is 3.57. The van der Waals surface area contributed by atoms with Gasteiger partial charge in [-0.15, -0.1) is 0 Å². The van der Waals surface area contributed by atoms with Gasteiger partial charge in [0.15, 0.2) is 17.3 Å². The van der Waals surface area contributed by atoms with Crippen LogP contribution in [0.25, 0.3) is 0 Å². The molecule has 4 heteroatoms. The number of rotatable bonds is 9. The molecule has 0 aliphatic rings. The number of halogens is 1. The van der Waals surface area contributed by atoms with Crippen LogP contribution in [-0.2, 0) is 13.2 Å². The lowest BCUT2D eigenvalue weighted by atomic mass is 10.0. The summed E-state index contributed by atoms with van der Waals surface area (Å²) < 4.78 is 12.2.